The molecule has 1 rings (SSSR count). The monoisotopic (exact) mass is 278 g/mol. The molecule has 8 heteroatoms. The van der Waals surface area contributed by atoms with Gasteiger partial charge in [-0.2, -0.15) is 15.8 Å². The third kappa shape index (κ3) is 3.94. The van der Waals surface area contributed by atoms with Crippen LogP contribution in [0.25, 0.3) is 0 Å². The molecule has 0 aliphatic heterocycles. The molecular weight excluding hydrogens is 273 g/mol. The van der Waals surface area contributed by atoms with Gasteiger partial charge in [0.2, 0.25) is 0 Å². The lowest BCUT2D eigenvalue weighted by Gasteiger charge is -2.13. The number of rotatable bonds is 3. The minimum atomic E-state index is -4.90. The highest BCUT2D eigenvalue weighted by Gasteiger charge is 2.32. The summed E-state index contributed by atoms with van der Waals surface area (Å²) in [5, 5.41) is 28.3. The molecule has 0 fully saturated rings. The molecule has 0 radical (unpaired) electrons. The maximum Gasteiger partial charge on any atom is 0.573 e. The number of para-hydroxylation sites is 2. The van der Waals surface area contributed by atoms with Crippen LogP contribution in [0.4, 0.5) is 18.9 Å². The number of allylic oxidation sites excluding steroid dienone is 2. The number of nitrogens with one attached hydrogen (secondary N) is 1. The van der Waals surface area contributed by atoms with Crippen LogP contribution in [-0.4, -0.2) is 6.36 Å². The second-order valence-electron chi connectivity index (χ2n) is 3.25. The van der Waals surface area contributed by atoms with Crippen LogP contribution in [-0.2, 0) is 0 Å². The van der Waals surface area contributed by atoms with E-state index in [1.165, 1.54) is 36.4 Å². The maximum atomic E-state index is 12.2. The Morgan fingerprint density at radius 3 is 2.15 bits per heavy atom. The number of nitrogens with zero attached hydrogens (tertiary/aromatic N) is 3. The van der Waals surface area contributed by atoms with E-state index in [-0.39, 0.29) is 5.69 Å². The van der Waals surface area contributed by atoms with Gasteiger partial charge in [0, 0.05) is 0 Å². The molecule has 0 unspecified atom stereocenters. The second-order valence-corrected chi connectivity index (χ2v) is 3.25. The molecule has 0 heterocycles. The molecule has 0 aliphatic carbocycles. The van der Waals surface area contributed by atoms with Crippen molar-refractivity contribution < 1.29 is 17.9 Å². The fourth-order valence-electron chi connectivity index (χ4n) is 1.20. The largest absolute Gasteiger partial charge is 0.573 e. The minimum absolute atomic E-state index is 0.190. The molecule has 0 aliphatic rings. The normalized spacial score (nSPS) is 9.60. The average molecular weight is 278 g/mol. The Bertz CT molecular complexity index is 643. The summed E-state index contributed by atoms with van der Waals surface area (Å²) in [6.45, 7) is 0. The summed E-state index contributed by atoms with van der Waals surface area (Å²) in [6.07, 6.45) is -4.90. The lowest BCUT2D eigenvalue weighted by atomic mass is 10.2. The van der Waals surface area contributed by atoms with Crippen LogP contribution in [0.15, 0.2) is 35.5 Å². The third-order valence-electron chi connectivity index (χ3n) is 1.96. The number of anilines is 1. The van der Waals surface area contributed by atoms with Crippen molar-refractivity contribution in [2.45, 2.75) is 6.36 Å². The Balaban J connectivity index is 3.18. The number of nitriles is 3. The van der Waals surface area contributed by atoms with Gasteiger partial charge in [-0.05, 0) is 12.1 Å². The van der Waals surface area contributed by atoms with Crippen LogP contribution in [0.5, 0.6) is 5.75 Å². The quantitative estimate of drug-likeness (QED) is 0.858. The molecule has 1 N–H and O–H groups in total. The van der Waals surface area contributed by atoms with Gasteiger partial charge in [-0.1, -0.05) is 12.1 Å². The van der Waals surface area contributed by atoms with Crippen molar-refractivity contribution in [1.82, 2.24) is 0 Å². The van der Waals surface area contributed by atoms with E-state index in [0.717, 1.165) is 6.07 Å². The van der Waals surface area contributed by atoms with Gasteiger partial charge in [0.15, 0.2) is 11.3 Å². The molecule has 5 nitrogen and oxygen atoms in total. The lowest BCUT2D eigenvalue weighted by Crippen LogP contribution is -2.18. The standard InChI is InChI=1S/C12H5F3N4O/c13-12(14,15)20-11-4-2-1-3-9(11)19-10(7-18)8(5-16)6-17/h1-4,19H. The van der Waals surface area contributed by atoms with E-state index >= 15 is 0 Å². The minimum Gasteiger partial charge on any atom is -0.404 e. The second kappa shape index (κ2) is 6.12. The Labute approximate surface area is 111 Å². The van der Waals surface area contributed by atoms with Crippen LogP contribution in [0.2, 0.25) is 0 Å². The predicted molar refractivity (Wildman–Crippen MR) is 60.6 cm³/mol. The van der Waals surface area contributed by atoms with E-state index in [4.69, 9.17) is 15.8 Å². The van der Waals surface area contributed by atoms with Crippen LogP contribution < -0.4 is 10.1 Å². The molecule has 0 amide bonds. The molecule has 0 spiro atoms. The molecular formula is C12H5F3N4O. The molecule has 20 heavy (non-hydrogen) atoms. The van der Waals surface area contributed by atoms with Crippen LogP contribution in [0.1, 0.15) is 0 Å². The molecule has 100 valence electrons. The van der Waals surface area contributed by atoms with Gasteiger partial charge in [-0.25, -0.2) is 0 Å². The first-order chi connectivity index (χ1) is 9.41. The number of alkyl halides is 3. The van der Waals surface area contributed by atoms with E-state index in [0.29, 0.717) is 0 Å². The third-order valence-corrected chi connectivity index (χ3v) is 1.96. The Morgan fingerprint density at radius 2 is 1.65 bits per heavy atom. The number of ether oxygens (including phenoxy) is 1. The first-order valence-electron chi connectivity index (χ1n) is 4.97. The summed E-state index contributed by atoms with van der Waals surface area (Å²) in [7, 11) is 0. The Morgan fingerprint density at radius 1 is 1.05 bits per heavy atom. The first kappa shape index (κ1) is 14.9. The van der Waals surface area contributed by atoms with E-state index < -0.39 is 23.4 Å². The zero-order valence-electron chi connectivity index (χ0n) is 9.69. The highest BCUT2D eigenvalue weighted by atomic mass is 19.4. The summed E-state index contributed by atoms with van der Waals surface area (Å²) in [6, 6.07) is 9.40. The fraction of sp³-hybridized carbons (Fsp3) is 0.0833. The van der Waals surface area contributed by atoms with Gasteiger partial charge in [-0.15, -0.1) is 13.2 Å². The molecule has 0 atom stereocenters. The number of hydrogen-bond acceptors (Lipinski definition) is 5. The molecule has 1 aromatic rings. The number of hydrogen-bond donors (Lipinski definition) is 1. The Hall–Kier alpha value is -3.18. The summed E-state index contributed by atoms with van der Waals surface area (Å²) >= 11 is 0. The van der Waals surface area contributed by atoms with Gasteiger partial charge < -0.3 is 10.1 Å². The predicted octanol–water partition coefficient (Wildman–Crippen LogP) is 2.82. The smallest absolute Gasteiger partial charge is 0.404 e. The molecule has 1 aromatic carbocycles. The van der Waals surface area contributed by atoms with Crippen molar-refractivity contribution in [2.24, 2.45) is 0 Å². The van der Waals surface area contributed by atoms with Gasteiger partial charge >= 0.3 is 6.36 Å². The maximum absolute atomic E-state index is 12.2. The van der Waals surface area contributed by atoms with Crippen molar-refractivity contribution >= 4 is 5.69 Å². The van der Waals surface area contributed by atoms with E-state index in [1.807, 2.05) is 0 Å². The van der Waals surface area contributed by atoms with Gasteiger partial charge in [0.05, 0.1) is 5.69 Å². The summed E-state index contributed by atoms with van der Waals surface area (Å²) in [5.41, 5.74) is -1.20. The van der Waals surface area contributed by atoms with E-state index in [1.54, 1.807) is 0 Å². The fourth-order valence-corrected chi connectivity index (χ4v) is 1.20. The molecule has 0 aromatic heterocycles. The van der Waals surface area contributed by atoms with E-state index in [9.17, 15) is 13.2 Å². The number of benzene rings is 1. The molecule has 0 saturated carbocycles. The first-order valence-corrected chi connectivity index (χ1v) is 4.97. The van der Waals surface area contributed by atoms with Gasteiger partial charge in [0.25, 0.3) is 0 Å². The van der Waals surface area contributed by atoms with Crippen molar-refractivity contribution in [3.05, 3.63) is 35.5 Å². The van der Waals surface area contributed by atoms with Gasteiger partial charge in [0.1, 0.15) is 23.9 Å². The lowest BCUT2D eigenvalue weighted by molar-refractivity contribution is -0.274. The zero-order valence-corrected chi connectivity index (χ0v) is 9.69. The van der Waals surface area contributed by atoms with Crippen LogP contribution >= 0.6 is 0 Å². The SMILES string of the molecule is N#CC(C#N)=C(C#N)Nc1ccccc1OC(F)(F)F. The average Bonchev–Trinajstić information content (AvgIpc) is 2.39. The summed E-state index contributed by atoms with van der Waals surface area (Å²) < 4.78 is 40.4. The topological polar surface area (TPSA) is 92.6 Å². The number of halogens is 3. The summed E-state index contributed by atoms with van der Waals surface area (Å²) in [5.74, 6) is -0.581. The summed E-state index contributed by atoms with van der Waals surface area (Å²) in [4.78, 5) is 0. The zero-order chi connectivity index (χ0) is 15.2. The molecule has 0 saturated heterocycles. The van der Waals surface area contributed by atoms with Gasteiger partial charge in [-0.3, -0.25) is 0 Å². The van der Waals surface area contributed by atoms with Crippen molar-refractivity contribution in [3.63, 3.8) is 0 Å². The van der Waals surface area contributed by atoms with Crippen molar-refractivity contribution in [2.75, 3.05) is 5.32 Å². The highest BCUT2D eigenvalue weighted by molar-refractivity contribution is 5.64. The van der Waals surface area contributed by atoms with Crippen molar-refractivity contribution in [1.29, 1.82) is 15.8 Å². The Kier molecular flexibility index (Phi) is 4.56. The van der Waals surface area contributed by atoms with E-state index in [2.05, 4.69) is 10.1 Å². The van der Waals surface area contributed by atoms with Crippen LogP contribution in [0.3, 0.4) is 0 Å². The molecule has 0 bridgehead atoms. The van der Waals surface area contributed by atoms with Crippen molar-refractivity contribution in [3.8, 4) is 24.0 Å². The van der Waals surface area contributed by atoms with Crippen LogP contribution in [0, 0.1) is 34.0 Å². The highest BCUT2D eigenvalue weighted by Crippen LogP contribution is 2.30.